The molecule has 3 aromatic rings. The number of benzene rings is 2. The zero-order valence-electron chi connectivity index (χ0n) is 24.0. The van der Waals surface area contributed by atoms with Gasteiger partial charge in [0.05, 0.1) is 6.33 Å². The molecule has 3 rings (SSSR count). The van der Waals surface area contributed by atoms with Crippen LogP contribution in [-0.4, -0.2) is 69.3 Å². The minimum absolute atomic E-state index is 0.0546. The number of rotatable bonds is 16. The SMILES string of the molecule is NC(=O)[C@@H](CCCN=C(N)N)NC(=O)[C@@H](Cc1ccccc1)NC(=O)[C@H](Cc1cnc[nH]1)NC(=O)/C=C/c1ccc(O)cc1. The molecular weight excluding hydrogens is 566 g/mol. The number of aromatic nitrogens is 2. The Kier molecular flexibility index (Phi) is 12.5. The highest BCUT2D eigenvalue weighted by Crippen LogP contribution is 2.11. The maximum absolute atomic E-state index is 13.6. The molecule has 0 saturated heterocycles. The number of imidazole rings is 1. The van der Waals surface area contributed by atoms with Crippen LogP contribution in [0.25, 0.3) is 6.08 Å². The first-order chi connectivity index (χ1) is 21.1. The molecular formula is C30H37N9O5. The summed E-state index contributed by atoms with van der Waals surface area (Å²) < 4.78 is 0. The Labute approximate surface area is 254 Å². The van der Waals surface area contributed by atoms with Gasteiger partial charge in [-0.15, -0.1) is 0 Å². The van der Waals surface area contributed by atoms with Crippen molar-refractivity contribution in [2.75, 3.05) is 6.54 Å². The Hall–Kier alpha value is -5.66. The predicted molar refractivity (Wildman–Crippen MR) is 164 cm³/mol. The monoisotopic (exact) mass is 603 g/mol. The van der Waals surface area contributed by atoms with Crippen LogP contribution in [0.3, 0.4) is 0 Å². The molecule has 1 aromatic heterocycles. The molecule has 0 fully saturated rings. The van der Waals surface area contributed by atoms with Crippen molar-refractivity contribution in [2.24, 2.45) is 22.2 Å². The number of phenolic OH excluding ortho intramolecular Hbond substituents is 1. The highest BCUT2D eigenvalue weighted by Gasteiger charge is 2.29. The summed E-state index contributed by atoms with van der Waals surface area (Å²) >= 11 is 0. The van der Waals surface area contributed by atoms with Gasteiger partial charge in [0.2, 0.25) is 23.6 Å². The van der Waals surface area contributed by atoms with Crippen LogP contribution in [0.15, 0.2) is 78.2 Å². The topological polar surface area (TPSA) is 244 Å². The summed E-state index contributed by atoms with van der Waals surface area (Å²) in [4.78, 5) is 62.7. The maximum Gasteiger partial charge on any atom is 0.244 e. The Morgan fingerprint density at radius 2 is 1.55 bits per heavy atom. The first kappa shape index (κ1) is 32.8. The fourth-order valence-electron chi connectivity index (χ4n) is 4.20. The number of primary amides is 1. The quantitative estimate of drug-likeness (QED) is 0.0462. The summed E-state index contributed by atoms with van der Waals surface area (Å²) in [7, 11) is 0. The smallest absolute Gasteiger partial charge is 0.244 e. The van der Waals surface area contributed by atoms with Gasteiger partial charge in [-0.1, -0.05) is 42.5 Å². The second kappa shape index (κ2) is 16.7. The number of guanidine groups is 1. The summed E-state index contributed by atoms with van der Waals surface area (Å²) in [5.41, 5.74) is 18.2. The van der Waals surface area contributed by atoms with E-state index in [1.54, 1.807) is 36.4 Å². The van der Waals surface area contributed by atoms with Crippen LogP contribution < -0.4 is 33.2 Å². The van der Waals surface area contributed by atoms with Gasteiger partial charge in [0, 0.05) is 37.4 Å². The molecule has 0 spiro atoms. The van der Waals surface area contributed by atoms with Gasteiger partial charge in [-0.25, -0.2) is 4.98 Å². The van der Waals surface area contributed by atoms with Crippen molar-refractivity contribution < 1.29 is 24.3 Å². The molecule has 232 valence electrons. The number of carbonyl (C=O) groups excluding carboxylic acids is 4. The molecule has 14 heteroatoms. The fourth-order valence-corrected chi connectivity index (χ4v) is 4.20. The average molecular weight is 604 g/mol. The number of nitrogens with zero attached hydrogens (tertiary/aromatic N) is 2. The summed E-state index contributed by atoms with van der Waals surface area (Å²) in [5.74, 6) is -2.58. The molecule has 44 heavy (non-hydrogen) atoms. The van der Waals surface area contributed by atoms with E-state index in [-0.39, 0.29) is 37.5 Å². The highest BCUT2D eigenvalue weighted by molar-refractivity contribution is 5.97. The molecule has 4 amide bonds. The molecule has 14 nitrogen and oxygen atoms in total. The number of H-pyrrole nitrogens is 1. The van der Waals surface area contributed by atoms with Crippen LogP contribution in [0.2, 0.25) is 0 Å². The third-order valence-corrected chi connectivity index (χ3v) is 6.45. The Morgan fingerprint density at radius 3 is 2.16 bits per heavy atom. The molecule has 0 radical (unpaired) electrons. The molecule has 0 bridgehead atoms. The van der Waals surface area contributed by atoms with Gasteiger partial charge in [0.25, 0.3) is 0 Å². The highest BCUT2D eigenvalue weighted by atomic mass is 16.3. The number of hydrogen-bond acceptors (Lipinski definition) is 7. The van der Waals surface area contributed by atoms with Gasteiger partial charge in [0.1, 0.15) is 23.9 Å². The number of carbonyl (C=O) groups is 4. The van der Waals surface area contributed by atoms with Crippen LogP contribution in [0.5, 0.6) is 5.75 Å². The van der Waals surface area contributed by atoms with Gasteiger partial charge in [-0.05, 0) is 42.2 Å². The van der Waals surface area contributed by atoms with Gasteiger partial charge in [-0.2, -0.15) is 0 Å². The molecule has 0 aliphatic heterocycles. The number of hydrogen-bond donors (Lipinski definition) is 8. The lowest BCUT2D eigenvalue weighted by Gasteiger charge is -2.24. The standard InChI is InChI=1S/C30H37N9O5/c31-27(42)23(7-4-14-35-30(32)33)38-28(43)24(15-20-5-2-1-3-6-20)39-29(44)25(16-21-17-34-18-36-21)37-26(41)13-10-19-8-11-22(40)12-9-19/h1-3,5-6,8-13,17-18,23-25,40H,4,7,14-16H2,(H2,31,42)(H,34,36)(H,37,41)(H,38,43)(H,39,44)(H4,32,33,35)/b13-10+/t23-,24-,25+/m1/s1. The van der Waals surface area contributed by atoms with Crippen LogP contribution in [-0.2, 0) is 32.0 Å². The Morgan fingerprint density at radius 1 is 0.886 bits per heavy atom. The Balaban J connectivity index is 1.77. The fraction of sp³-hybridized carbons (Fsp3) is 0.267. The normalized spacial score (nSPS) is 12.9. The van der Waals surface area contributed by atoms with Crippen molar-refractivity contribution in [3.8, 4) is 5.75 Å². The number of aromatic amines is 1. The van der Waals surface area contributed by atoms with Crippen molar-refractivity contribution in [1.29, 1.82) is 0 Å². The van der Waals surface area contributed by atoms with Crippen LogP contribution in [0.1, 0.15) is 29.7 Å². The second-order valence-corrected chi connectivity index (χ2v) is 9.93. The second-order valence-electron chi connectivity index (χ2n) is 9.93. The summed E-state index contributed by atoms with van der Waals surface area (Å²) in [6.07, 6.45) is 6.46. The number of aliphatic imine (C=N–C) groups is 1. The first-order valence-electron chi connectivity index (χ1n) is 13.8. The van der Waals surface area contributed by atoms with Crippen molar-refractivity contribution in [2.45, 2.75) is 43.8 Å². The lowest BCUT2D eigenvalue weighted by Crippen LogP contribution is -2.57. The number of nitrogens with one attached hydrogen (secondary N) is 4. The van der Waals surface area contributed by atoms with E-state index >= 15 is 0 Å². The largest absolute Gasteiger partial charge is 0.508 e. The number of aromatic hydroxyl groups is 1. The maximum atomic E-state index is 13.6. The van der Waals surface area contributed by atoms with Crippen LogP contribution >= 0.6 is 0 Å². The lowest BCUT2D eigenvalue weighted by atomic mass is 10.0. The number of phenols is 1. The van der Waals surface area contributed by atoms with Gasteiger partial charge in [0.15, 0.2) is 5.96 Å². The van der Waals surface area contributed by atoms with E-state index in [2.05, 4.69) is 30.9 Å². The van der Waals surface area contributed by atoms with Crippen LogP contribution in [0, 0.1) is 0 Å². The van der Waals surface area contributed by atoms with E-state index in [0.29, 0.717) is 17.7 Å². The molecule has 1 heterocycles. The van der Waals surface area contributed by atoms with Gasteiger partial charge >= 0.3 is 0 Å². The molecule has 0 saturated carbocycles. The third kappa shape index (κ3) is 11.3. The molecule has 0 unspecified atom stereocenters. The molecule has 2 aromatic carbocycles. The van der Waals surface area contributed by atoms with Crippen LogP contribution in [0.4, 0.5) is 0 Å². The number of amides is 4. The van der Waals surface area contributed by atoms with Crippen molar-refractivity contribution in [3.05, 3.63) is 90.0 Å². The van der Waals surface area contributed by atoms with E-state index in [1.807, 2.05) is 6.07 Å². The van der Waals surface area contributed by atoms with Gasteiger partial charge < -0.3 is 43.2 Å². The Bertz CT molecular complexity index is 1440. The van der Waals surface area contributed by atoms with E-state index in [9.17, 15) is 24.3 Å². The number of nitrogens with two attached hydrogens (primary N) is 3. The van der Waals surface area contributed by atoms with E-state index < -0.39 is 41.8 Å². The van der Waals surface area contributed by atoms with E-state index in [0.717, 1.165) is 5.56 Å². The summed E-state index contributed by atoms with van der Waals surface area (Å²) in [6, 6.07) is 12.0. The van der Waals surface area contributed by atoms with E-state index in [1.165, 1.54) is 36.8 Å². The average Bonchev–Trinajstić information content (AvgIpc) is 3.51. The molecule has 0 aliphatic rings. The van der Waals surface area contributed by atoms with Crippen molar-refractivity contribution >= 4 is 35.7 Å². The zero-order chi connectivity index (χ0) is 31.9. The third-order valence-electron chi connectivity index (χ3n) is 6.45. The first-order valence-corrected chi connectivity index (χ1v) is 13.8. The minimum atomic E-state index is -1.11. The molecule has 3 atom stereocenters. The predicted octanol–water partition coefficient (Wildman–Crippen LogP) is -0.393. The summed E-state index contributed by atoms with van der Waals surface area (Å²) in [6.45, 7) is 0.238. The molecule has 0 aliphatic carbocycles. The lowest BCUT2D eigenvalue weighted by molar-refractivity contribution is -0.132. The zero-order valence-corrected chi connectivity index (χ0v) is 24.0. The summed E-state index contributed by atoms with van der Waals surface area (Å²) in [5, 5.41) is 17.5. The minimum Gasteiger partial charge on any atom is -0.508 e. The van der Waals surface area contributed by atoms with Crippen molar-refractivity contribution in [3.63, 3.8) is 0 Å². The van der Waals surface area contributed by atoms with Crippen molar-refractivity contribution in [1.82, 2.24) is 25.9 Å². The molecule has 11 N–H and O–H groups in total. The van der Waals surface area contributed by atoms with Gasteiger partial charge in [-0.3, -0.25) is 24.2 Å². The van der Waals surface area contributed by atoms with E-state index in [4.69, 9.17) is 17.2 Å².